The van der Waals surface area contributed by atoms with Gasteiger partial charge in [0, 0.05) is 16.7 Å². The molecule has 2 heteroatoms. The van der Waals surface area contributed by atoms with Crippen molar-refractivity contribution in [2.75, 3.05) is 13.2 Å². The molecule has 2 rings (SSSR count). The van der Waals surface area contributed by atoms with Crippen molar-refractivity contribution in [3.8, 4) is 0 Å². The molecule has 1 heterocycles. The monoisotopic (exact) mass is 162 g/mol. The van der Waals surface area contributed by atoms with Crippen molar-refractivity contribution in [2.24, 2.45) is 11.8 Å². The zero-order chi connectivity index (χ0) is 4.85. The summed E-state index contributed by atoms with van der Waals surface area (Å²) in [5.74, 6) is 1.75. The summed E-state index contributed by atoms with van der Waals surface area (Å²) in [5, 5.41) is 0. The molecule has 2 aliphatic rings. The van der Waals surface area contributed by atoms with Gasteiger partial charge in [-0.2, -0.15) is 0 Å². The Balaban J connectivity index is 2.06. The molecule has 7 heavy (non-hydrogen) atoms. The van der Waals surface area contributed by atoms with Crippen molar-refractivity contribution in [3.05, 3.63) is 0 Å². The molecule has 0 spiro atoms. The molecular formula is C5H7BrO. The zero-order valence-electron chi connectivity index (χ0n) is 3.93. The van der Waals surface area contributed by atoms with E-state index in [9.17, 15) is 0 Å². The minimum absolute atomic E-state index is 0.807. The van der Waals surface area contributed by atoms with Gasteiger partial charge in [-0.15, -0.1) is 0 Å². The number of halogens is 1. The molecule has 0 aromatic carbocycles. The quantitative estimate of drug-likeness (QED) is 0.484. The maximum Gasteiger partial charge on any atom is 0.0509 e. The van der Waals surface area contributed by atoms with E-state index in [-0.39, 0.29) is 0 Å². The van der Waals surface area contributed by atoms with Gasteiger partial charge < -0.3 is 4.74 Å². The van der Waals surface area contributed by atoms with Gasteiger partial charge in [0.05, 0.1) is 13.2 Å². The maximum atomic E-state index is 5.15. The van der Waals surface area contributed by atoms with Gasteiger partial charge >= 0.3 is 0 Å². The van der Waals surface area contributed by atoms with Crippen molar-refractivity contribution >= 4 is 15.9 Å². The molecule has 0 radical (unpaired) electrons. The fourth-order valence-electron chi connectivity index (χ4n) is 1.17. The van der Waals surface area contributed by atoms with Crippen molar-refractivity contribution in [3.63, 3.8) is 0 Å². The van der Waals surface area contributed by atoms with Crippen LogP contribution in [0, 0.1) is 11.8 Å². The van der Waals surface area contributed by atoms with Crippen LogP contribution >= 0.6 is 15.9 Å². The number of hydrogen-bond acceptors (Lipinski definition) is 1. The molecule has 1 aliphatic carbocycles. The summed E-state index contributed by atoms with van der Waals surface area (Å²) >= 11 is 3.55. The highest BCUT2D eigenvalue weighted by Crippen LogP contribution is 2.49. The van der Waals surface area contributed by atoms with E-state index in [2.05, 4.69) is 15.9 Å². The minimum Gasteiger partial charge on any atom is -0.381 e. The van der Waals surface area contributed by atoms with Crippen LogP contribution in [0.2, 0.25) is 0 Å². The number of rotatable bonds is 0. The van der Waals surface area contributed by atoms with Gasteiger partial charge in [-0.3, -0.25) is 0 Å². The fourth-order valence-corrected chi connectivity index (χ4v) is 2.08. The molecule has 0 bridgehead atoms. The van der Waals surface area contributed by atoms with E-state index in [1.54, 1.807) is 0 Å². The molecule has 1 unspecified atom stereocenters. The first-order valence-electron chi connectivity index (χ1n) is 2.61. The van der Waals surface area contributed by atoms with E-state index in [4.69, 9.17) is 4.74 Å². The molecule has 40 valence electrons. The summed E-state index contributed by atoms with van der Waals surface area (Å²) in [5.41, 5.74) is 0. The van der Waals surface area contributed by atoms with Gasteiger partial charge in [-0.1, -0.05) is 15.9 Å². The first-order chi connectivity index (χ1) is 3.39. The smallest absolute Gasteiger partial charge is 0.0509 e. The SMILES string of the molecule is BrC1[C@H]2COC[C@@H]12. The Morgan fingerprint density at radius 3 is 2.14 bits per heavy atom. The molecule has 1 saturated heterocycles. The second kappa shape index (κ2) is 1.23. The fraction of sp³-hybridized carbons (Fsp3) is 1.00. The van der Waals surface area contributed by atoms with E-state index in [0.29, 0.717) is 0 Å². The van der Waals surface area contributed by atoms with Crippen molar-refractivity contribution < 1.29 is 4.74 Å². The topological polar surface area (TPSA) is 9.23 Å². The Kier molecular flexibility index (Phi) is 0.762. The number of alkyl halides is 1. The van der Waals surface area contributed by atoms with Crippen LogP contribution in [0.15, 0.2) is 0 Å². The summed E-state index contributed by atoms with van der Waals surface area (Å²) in [6.45, 7) is 2.00. The van der Waals surface area contributed by atoms with Crippen LogP contribution in [0.1, 0.15) is 0 Å². The van der Waals surface area contributed by atoms with Gasteiger partial charge in [0.2, 0.25) is 0 Å². The van der Waals surface area contributed by atoms with Crippen LogP contribution in [0.25, 0.3) is 0 Å². The normalized spacial score (nSPS) is 57.0. The second-order valence-electron chi connectivity index (χ2n) is 2.31. The Bertz CT molecular complexity index is 84.1. The molecular weight excluding hydrogens is 156 g/mol. The van der Waals surface area contributed by atoms with Gasteiger partial charge in [0.25, 0.3) is 0 Å². The van der Waals surface area contributed by atoms with Crippen LogP contribution < -0.4 is 0 Å². The third kappa shape index (κ3) is 0.470. The largest absolute Gasteiger partial charge is 0.381 e. The first-order valence-corrected chi connectivity index (χ1v) is 3.53. The average molecular weight is 163 g/mol. The molecule has 0 aromatic rings. The maximum absolute atomic E-state index is 5.15. The van der Waals surface area contributed by atoms with E-state index in [1.807, 2.05) is 0 Å². The van der Waals surface area contributed by atoms with Crippen LogP contribution in [-0.4, -0.2) is 18.0 Å². The number of ether oxygens (including phenoxy) is 1. The van der Waals surface area contributed by atoms with Crippen molar-refractivity contribution in [1.29, 1.82) is 0 Å². The lowest BCUT2D eigenvalue weighted by Gasteiger charge is -1.92. The predicted molar refractivity (Wildman–Crippen MR) is 30.5 cm³/mol. The van der Waals surface area contributed by atoms with Crippen LogP contribution in [0.5, 0.6) is 0 Å². The molecule has 0 N–H and O–H groups in total. The van der Waals surface area contributed by atoms with E-state index < -0.39 is 0 Å². The molecule has 0 amide bonds. The molecule has 1 saturated carbocycles. The Labute approximate surface area is 51.2 Å². The molecule has 3 atom stereocenters. The molecule has 0 aromatic heterocycles. The molecule has 2 fully saturated rings. The lowest BCUT2D eigenvalue weighted by molar-refractivity contribution is 0.167. The van der Waals surface area contributed by atoms with Crippen molar-refractivity contribution in [1.82, 2.24) is 0 Å². The number of hydrogen-bond donors (Lipinski definition) is 0. The van der Waals surface area contributed by atoms with Gasteiger partial charge in [-0.25, -0.2) is 0 Å². The highest BCUT2D eigenvalue weighted by Gasteiger charge is 2.52. The highest BCUT2D eigenvalue weighted by molar-refractivity contribution is 9.09. The minimum atomic E-state index is 0.807. The van der Waals surface area contributed by atoms with Crippen LogP contribution in [-0.2, 0) is 4.74 Å². The Hall–Kier alpha value is 0.440. The third-order valence-electron chi connectivity index (χ3n) is 1.85. The summed E-state index contributed by atoms with van der Waals surface area (Å²) in [6.07, 6.45) is 0. The van der Waals surface area contributed by atoms with E-state index in [1.165, 1.54) is 0 Å². The van der Waals surface area contributed by atoms with Gasteiger partial charge in [-0.05, 0) is 0 Å². The van der Waals surface area contributed by atoms with Crippen molar-refractivity contribution in [2.45, 2.75) is 4.83 Å². The lowest BCUT2D eigenvalue weighted by Crippen LogP contribution is -1.94. The predicted octanol–water partition coefficient (Wildman–Crippen LogP) is 1.03. The first kappa shape index (κ1) is 4.33. The summed E-state index contributed by atoms with van der Waals surface area (Å²) < 4.78 is 5.15. The number of fused-ring (bicyclic) bond motifs is 1. The molecule has 1 nitrogen and oxygen atoms in total. The average Bonchev–Trinajstić information content (AvgIpc) is 2.26. The highest BCUT2D eigenvalue weighted by atomic mass is 79.9. The Morgan fingerprint density at radius 2 is 1.86 bits per heavy atom. The van der Waals surface area contributed by atoms with Gasteiger partial charge in [0.1, 0.15) is 0 Å². The summed E-state index contributed by atoms with van der Waals surface area (Å²) in [6, 6.07) is 0. The zero-order valence-corrected chi connectivity index (χ0v) is 5.52. The van der Waals surface area contributed by atoms with E-state index >= 15 is 0 Å². The summed E-state index contributed by atoms with van der Waals surface area (Å²) in [4.78, 5) is 0.807. The third-order valence-corrected chi connectivity index (χ3v) is 3.21. The van der Waals surface area contributed by atoms with Crippen LogP contribution in [0.3, 0.4) is 0 Å². The van der Waals surface area contributed by atoms with E-state index in [0.717, 1.165) is 29.9 Å². The lowest BCUT2D eigenvalue weighted by atomic mass is 10.4. The summed E-state index contributed by atoms with van der Waals surface area (Å²) in [7, 11) is 0. The standard InChI is InChI=1S/C5H7BrO/c6-5-3-1-7-2-4(3)5/h3-5H,1-2H2/t3-,4+,5?. The second-order valence-corrected chi connectivity index (χ2v) is 3.37. The Morgan fingerprint density at radius 1 is 1.29 bits per heavy atom. The van der Waals surface area contributed by atoms with Gasteiger partial charge in [0.15, 0.2) is 0 Å². The van der Waals surface area contributed by atoms with Crippen LogP contribution in [0.4, 0.5) is 0 Å². The molecule has 1 aliphatic heterocycles.